The largest absolute Gasteiger partial charge is 0.509 e. The number of hydrogen-bond acceptors (Lipinski definition) is 1. The molecule has 1 N–H and O–H groups in total. The van der Waals surface area contributed by atoms with Crippen LogP contribution < -0.4 is 4.43 Å². The van der Waals surface area contributed by atoms with Gasteiger partial charge in [-0.2, -0.15) is 0 Å². The number of rotatable bonds is 2. The van der Waals surface area contributed by atoms with Crippen LogP contribution in [0.5, 0.6) is 5.75 Å². The number of benzene rings is 1. The Bertz CT molecular complexity index is 269. The van der Waals surface area contributed by atoms with Gasteiger partial charge >= 0.3 is 0 Å². The molecule has 2 radical (unpaired) electrons. The molecule has 0 spiro atoms. The van der Waals surface area contributed by atoms with E-state index in [1.54, 1.807) is 6.07 Å². The van der Waals surface area contributed by atoms with Gasteiger partial charge in [-0.15, -0.1) is 0 Å². The Balaban J connectivity index is 2.82. The molecule has 0 unspecified atom stereocenters. The SMILES string of the molecule is CC(C)Cc1ccc(O)[c]([Al])c1. The monoisotopic (exact) mass is 176 g/mol. The van der Waals surface area contributed by atoms with Gasteiger partial charge in [0.25, 0.3) is 0 Å². The van der Waals surface area contributed by atoms with E-state index in [1.807, 2.05) is 12.1 Å². The first kappa shape index (κ1) is 9.64. The summed E-state index contributed by atoms with van der Waals surface area (Å²) in [5.74, 6) is 1.02. The van der Waals surface area contributed by atoms with Crippen LogP contribution in [0.3, 0.4) is 0 Å². The Morgan fingerprint density at radius 1 is 1.42 bits per heavy atom. The lowest BCUT2D eigenvalue weighted by Crippen LogP contribution is -2.05. The van der Waals surface area contributed by atoms with Gasteiger partial charge in [0.05, 0.1) is 5.75 Å². The summed E-state index contributed by atoms with van der Waals surface area (Å²) in [7, 11) is 0. The molecule has 0 amide bonds. The second kappa shape index (κ2) is 3.98. The summed E-state index contributed by atoms with van der Waals surface area (Å²) in [6.07, 6.45) is 1.07. The van der Waals surface area contributed by atoms with Gasteiger partial charge in [-0.25, -0.2) is 0 Å². The van der Waals surface area contributed by atoms with Crippen molar-refractivity contribution in [2.75, 3.05) is 0 Å². The molecule has 12 heavy (non-hydrogen) atoms. The number of hydrogen-bond donors (Lipinski definition) is 1. The molecule has 0 heterocycles. The normalized spacial score (nSPS) is 10.6. The summed E-state index contributed by atoms with van der Waals surface area (Å²) in [6, 6.07) is 5.74. The molecular weight excluding hydrogens is 163 g/mol. The maximum Gasteiger partial charge on any atom is 0.181 e. The Hall–Kier alpha value is -0.448. The van der Waals surface area contributed by atoms with Gasteiger partial charge < -0.3 is 5.11 Å². The number of phenolic OH excluding ortho intramolecular Hbond substituents is 1. The number of phenols is 1. The summed E-state index contributed by atoms with van der Waals surface area (Å²) < 4.78 is 0.883. The van der Waals surface area contributed by atoms with E-state index in [1.165, 1.54) is 5.56 Å². The summed E-state index contributed by atoms with van der Waals surface area (Å²) in [4.78, 5) is 0. The molecular formula is C10H13AlO. The standard InChI is InChI=1S/C10H13O.Al/c1-8(2)7-9-3-5-10(11)6-4-9;/h3-5,8,11H,7H2,1-2H3;. The van der Waals surface area contributed by atoms with E-state index in [2.05, 4.69) is 30.1 Å². The van der Waals surface area contributed by atoms with Crippen LogP contribution in [0.15, 0.2) is 18.2 Å². The highest BCUT2D eigenvalue weighted by Gasteiger charge is 1.99. The van der Waals surface area contributed by atoms with Crippen molar-refractivity contribution < 1.29 is 5.11 Å². The molecule has 0 aromatic heterocycles. The fourth-order valence-corrected chi connectivity index (χ4v) is 1.51. The van der Waals surface area contributed by atoms with Gasteiger partial charge in [-0.3, -0.25) is 0 Å². The zero-order valence-corrected chi connectivity index (χ0v) is 8.70. The average molecular weight is 176 g/mol. The fourth-order valence-electron chi connectivity index (χ4n) is 1.20. The van der Waals surface area contributed by atoms with Crippen molar-refractivity contribution in [2.45, 2.75) is 20.3 Å². The maximum atomic E-state index is 9.26. The predicted octanol–water partition coefficient (Wildman–Crippen LogP) is 1.38. The van der Waals surface area contributed by atoms with Crippen molar-refractivity contribution in [3.05, 3.63) is 23.8 Å². The summed E-state index contributed by atoms with van der Waals surface area (Å²) in [5.41, 5.74) is 1.28. The van der Waals surface area contributed by atoms with E-state index < -0.39 is 0 Å². The maximum absolute atomic E-state index is 9.26. The molecule has 0 bridgehead atoms. The first-order chi connectivity index (χ1) is 5.59. The molecule has 62 valence electrons. The fraction of sp³-hybridized carbons (Fsp3) is 0.400. The molecule has 0 aliphatic rings. The van der Waals surface area contributed by atoms with Gasteiger partial charge in [0, 0.05) is 0 Å². The minimum absolute atomic E-state index is 0.354. The predicted molar refractivity (Wildman–Crippen MR) is 52.0 cm³/mol. The summed E-state index contributed by atoms with van der Waals surface area (Å²) >= 11 is 2.53. The molecule has 1 aromatic carbocycles. The van der Waals surface area contributed by atoms with Crippen molar-refractivity contribution in [2.24, 2.45) is 5.92 Å². The quantitative estimate of drug-likeness (QED) is 0.675. The first-order valence-corrected chi connectivity index (χ1v) is 4.74. The zero-order chi connectivity index (χ0) is 9.14. The van der Waals surface area contributed by atoms with Crippen LogP contribution >= 0.6 is 0 Å². The lowest BCUT2D eigenvalue weighted by atomic mass is 10.0. The van der Waals surface area contributed by atoms with E-state index in [9.17, 15) is 5.11 Å². The second-order valence-electron chi connectivity index (χ2n) is 3.49. The molecule has 0 saturated carbocycles. The summed E-state index contributed by atoms with van der Waals surface area (Å²) in [5, 5.41) is 9.26. The van der Waals surface area contributed by atoms with Crippen LogP contribution in [-0.4, -0.2) is 21.4 Å². The van der Waals surface area contributed by atoms with Crippen LogP contribution in [0.1, 0.15) is 19.4 Å². The van der Waals surface area contributed by atoms with Crippen LogP contribution in [-0.2, 0) is 6.42 Å². The highest BCUT2D eigenvalue weighted by Crippen LogP contribution is 2.10. The molecule has 0 atom stereocenters. The van der Waals surface area contributed by atoms with Gasteiger partial charge in [-0.05, 0) is 24.0 Å². The lowest BCUT2D eigenvalue weighted by Gasteiger charge is -2.07. The highest BCUT2D eigenvalue weighted by molar-refractivity contribution is 6.34. The molecule has 0 saturated heterocycles. The third kappa shape index (κ3) is 2.55. The van der Waals surface area contributed by atoms with E-state index in [-0.39, 0.29) is 0 Å². The van der Waals surface area contributed by atoms with Crippen LogP contribution in [0.25, 0.3) is 0 Å². The third-order valence-electron chi connectivity index (χ3n) is 1.74. The van der Waals surface area contributed by atoms with Crippen molar-refractivity contribution in [1.29, 1.82) is 0 Å². The molecule has 1 aromatic rings. The van der Waals surface area contributed by atoms with Crippen LogP contribution in [0.2, 0.25) is 0 Å². The molecule has 0 aliphatic heterocycles. The number of aromatic hydroxyl groups is 1. The van der Waals surface area contributed by atoms with E-state index >= 15 is 0 Å². The molecule has 0 fully saturated rings. The van der Waals surface area contributed by atoms with E-state index in [4.69, 9.17) is 0 Å². The van der Waals surface area contributed by atoms with Crippen molar-refractivity contribution in [3.8, 4) is 5.75 Å². The smallest absolute Gasteiger partial charge is 0.181 e. The Morgan fingerprint density at radius 2 is 2.08 bits per heavy atom. The van der Waals surface area contributed by atoms with Gasteiger partial charge in [0.15, 0.2) is 16.3 Å². The van der Waals surface area contributed by atoms with Gasteiger partial charge in [0.2, 0.25) is 0 Å². The molecule has 2 heteroatoms. The minimum atomic E-state index is 0.354. The van der Waals surface area contributed by atoms with Crippen molar-refractivity contribution in [1.82, 2.24) is 0 Å². The second-order valence-corrected chi connectivity index (χ2v) is 4.11. The highest BCUT2D eigenvalue weighted by atomic mass is 27.0. The third-order valence-corrected chi connectivity index (χ3v) is 2.20. The Morgan fingerprint density at radius 3 is 2.58 bits per heavy atom. The van der Waals surface area contributed by atoms with Crippen LogP contribution in [0.4, 0.5) is 0 Å². The summed E-state index contributed by atoms with van der Waals surface area (Å²) in [6.45, 7) is 4.38. The van der Waals surface area contributed by atoms with Gasteiger partial charge in [0.1, 0.15) is 0 Å². The van der Waals surface area contributed by atoms with Crippen LogP contribution in [0, 0.1) is 5.92 Å². The first-order valence-electron chi connectivity index (χ1n) is 4.17. The van der Waals surface area contributed by atoms with Gasteiger partial charge in [-0.1, -0.05) is 30.4 Å². The zero-order valence-electron chi connectivity index (χ0n) is 7.54. The van der Waals surface area contributed by atoms with Crippen molar-refractivity contribution >= 4 is 20.7 Å². The Labute approximate surface area is 81.8 Å². The topological polar surface area (TPSA) is 20.2 Å². The van der Waals surface area contributed by atoms with Crippen molar-refractivity contribution in [3.63, 3.8) is 0 Å². The Kier molecular flexibility index (Phi) is 3.20. The minimum Gasteiger partial charge on any atom is -0.509 e. The van der Waals surface area contributed by atoms with E-state index in [0.717, 1.165) is 10.8 Å². The molecule has 1 rings (SSSR count). The van der Waals surface area contributed by atoms with E-state index in [0.29, 0.717) is 11.7 Å². The molecule has 0 aliphatic carbocycles. The lowest BCUT2D eigenvalue weighted by molar-refractivity contribution is 0.479. The average Bonchev–Trinajstić information content (AvgIpc) is 1.96. The molecule has 1 nitrogen and oxygen atoms in total.